The fraction of sp³-hybridized carbons (Fsp3) is 0. The van der Waals surface area contributed by atoms with E-state index in [1.807, 2.05) is 0 Å². The molecule has 0 rings (SSSR count). The van der Waals surface area contributed by atoms with Crippen molar-refractivity contribution >= 4 is 0 Å². The first-order valence-electron chi connectivity index (χ1n) is 0.548. The van der Waals surface area contributed by atoms with Crippen LogP contribution in [0, 0.1) is 15.3 Å². The maximum atomic E-state index is 8.25. The second-order valence-corrected chi connectivity index (χ2v) is 0.224. The molecule has 0 aromatic heterocycles. The molecule has 5 nitrogen and oxygen atoms in total. The summed E-state index contributed by atoms with van der Waals surface area (Å²) in [4.78, 5) is 8.25. The summed E-state index contributed by atoms with van der Waals surface area (Å²) >= 11 is 0. The molecule has 0 spiro atoms. The van der Waals surface area contributed by atoms with Crippen LogP contribution in [-0.4, -0.2) is 10.6 Å². The van der Waals surface area contributed by atoms with E-state index in [-0.39, 0.29) is 42.0 Å². The van der Waals surface area contributed by atoms with Crippen molar-refractivity contribution in [1.82, 2.24) is 0 Å². The van der Waals surface area contributed by atoms with Crippen LogP contribution in [0.4, 0.5) is 0 Å². The summed E-state index contributed by atoms with van der Waals surface area (Å²) in [6, 6.07) is 0. The van der Waals surface area contributed by atoms with Crippen molar-refractivity contribution in [2.24, 2.45) is 0 Å². The Labute approximate surface area is 62.7 Å². The minimum Gasteiger partial charge on any atom is -0.870 e. The van der Waals surface area contributed by atoms with Crippen LogP contribution in [0.1, 0.15) is 0 Å². The van der Waals surface area contributed by atoms with Crippen LogP contribution in [0.2, 0.25) is 0 Å². The van der Waals surface area contributed by atoms with Crippen LogP contribution in [0.15, 0.2) is 0 Å². The van der Waals surface area contributed by atoms with Crippen LogP contribution in [0.3, 0.4) is 0 Å². The molecule has 0 saturated carbocycles. The Morgan fingerprint density at radius 1 is 1.29 bits per heavy atom. The van der Waals surface area contributed by atoms with E-state index >= 15 is 0 Å². The monoisotopic (exact) mass is 206 g/mol. The van der Waals surface area contributed by atoms with Crippen molar-refractivity contribution in [3.63, 3.8) is 0 Å². The van der Waals surface area contributed by atoms with Gasteiger partial charge in [-0.1, -0.05) is 0 Å². The van der Waals surface area contributed by atoms with Gasteiger partial charge in [0.15, 0.2) is 0 Å². The van der Waals surface area contributed by atoms with Crippen molar-refractivity contribution in [3.8, 4) is 0 Å². The van der Waals surface area contributed by atoms with Gasteiger partial charge in [-0.15, -0.1) is 0 Å². The van der Waals surface area contributed by atoms with Crippen molar-refractivity contribution in [2.45, 2.75) is 0 Å². The summed E-state index contributed by atoms with van der Waals surface area (Å²) in [6.07, 6.45) is 0. The third-order valence-corrected chi connectivity index (χ3v) is 0. The van der Waals surface area contributed by atoms with E-state index in [4.69, 9.17) is 15.3 Å². The van der Waals surface area contributed by atoms with Gasteiger partial charge < -0.3 is 20.8 Å². The topological polar surface area (TPSA) is 96.2 Å². The Morgan fingerprint density at radius 2 is 1.29 bits per heavy atom. The fourth-order valence-corrected chi connectivity index (χ4v) is 0. The third-order valence-electron chi connectivity index (χ3n) is 0. The molecule has 0 aromatic carbocycles. The molecule has 0 aliphatic rings. The molecule has 0 bridgehead atoms. The van der Waals surface area contributed by atoms with E-state index in [0.717, 1.165) is 0 Å². The SMILES string of the molecule is O=[N+]([O-])[O-].[Cu+2].[OH-].[Zn+2]. The largest absolute Gasteiger partial charge is 2.00 e. The van der Waals surface area contributed by atoms with E-state index in [9.17, 15) is 0 Å². The zero-order valence-electron chi connectivity index (χ0n) is 3.13. The zero-order valence-corrected chi connectivity index (χ0v) is 7.04. The molecule has 0 heterocycles. The average molecular weight is 208 g/mol. The molecule has 1 radical (unpaired) electrons. The second kappa shape index (κ2) is 16.2. The molecule has 41 valence electrons. The molecule has 0 aliphatic carbocycles. The maximum absolute atomic E-state index is 8.25. The van der Waals surface area contributed by atoms with Crippen LogP contribution in [0.25, 0.3) is 0 Å². The van der Waals surface area contributed by atoms with Crippen LogP contribution >= 0.6 is 0 Å². The van der Waals surface area contributed by atoms with Crippen LogP contribution in [0.5, 0.6) is 0 Å². The van der Waals surface area contributed by atoms with E-state index < -0.39 is 5.09 Å². The van der Waals surface area contributed by atoms with Gasteiger partial charge in [0.1, 0.15) is 0 Å². The summed E-state index contributed by atoms with van der Waals surface area (Å²) in [5.74, 6) is 0. The van der Waals surface area contributed by atoms with Crippen molar-refractivity contribution < 1.29 is 47.1 Å². The summed E-state index contributed by atoms with van der Waals surface area (Å²) < 4.78 is 0. The summed E-state index contributed by atoms with van der Waals surface area (Å²) in [6.45, 7) is 0. The van der Waals surface area contributed by atoms with Crippen molar-refractivity contribution in [2.75, 3.05) is 0 Å². The van der Waals surface area contributed by atoms with Crippen molar-refractivity contribution in [1.29, 1.82) is 0 Å². The fourth-order valence-electron chi connectivity index (χ4n) is 0. The second-order valence-electron chi connectivity index (χ2n) is 0.224. The molecule has 0 unspecified atom stereocenters. The predicted molar refractivity (Wildman–Crippen MR) is 12.3 cm³/mol. The van der Waals surface area contributed by atoms with Crippen molar-refractivity contribution in [3.05, 3.63) is 15.3 Å². The van der Waals surface area contributed by atoms with E-state index in [1.165, 1.54) is 0 Å². The minimum absolute atomic E-state index is 0. The van der Waals surface area contributed by atoms with Crippen LogP contribution in [-0.2, 0) is 36.5 Å². The first kappa shape index (κ1) is 26.6. The standard InChI is InChI=1S/Cu.NO3.H2O.Zn/c;2-1(3)4;;/h;;1H2;/q+2;-1;;+2/p-1. The molecule has 0 aromatic rings. The van der Waals surface area contributed by atoms with E-state index in [1.54, 1.807) is 0 Å². The normalized spacial score (nSPS) is 3.43. The van der Waals surface area contributed by atoms with E-state index in [0.29, 0.717) is 0 Å². The predicted octanol–water partition coefficient (Wildman–Crippen LogP) is -0.421. The maximum Gasteiger partial charge on any atom is 2.00 e. The molecule has 7 heavy (non-hydrogen) atoms. The molecule has 0 amide bonds. The third kappa shape index (κ3) is 1270. The Kier molecular flexibility index (Phi) is 61.7. The van der Waals surface area contributed by atoms with Gasteiger partial charge in [0, 0.05) is 0 Å². The van der Waals surface area contributed by atoms with Gasteiger partial charge in [-0.3, -0.25) is 0 Å². The van der Waals surface area contributed by atoms with Crippen LogP contribution < -0.4 is 0 Å². The Balaban J connectivity index is -0.0000000150. The quantitative estimate of drug-likeness (QED) is 0.306. The number of hydrogen-bond acceptors (Lipinski definition) is 4. The summed E-state index contributed by atoms with van der Waals surface area (Å²) in [7, 11) is 0. The summed E-state index contributed by atoms with van der Waals surface area (Å²) in [5.41, 5.74) is 0. The van der Waals surface area contributed by atoms with Gasteiger partial charge >= 0.3 is 36.5 Å². The van der Waals surface area contributed by atoms with Gasteiger partial charge in [0.25, 0.3) is 0 Å². The number of rotatable bonds is 0. The Bertz CT molecular complexity index is 34.7. The molecule has 0 saturated heterocycles. The molecule has 0 atom stereocenters. The Morgan fingerprint density at radius 3 is 1.29 bits per heavy atom. The molecule has 0 aliphatic heterocycles. The molecular formula is HCuNO4Zn+2. The molecular weight excluding hydrogens is 207 g/mol. The van der Waals surface area contributed by atoms with Gasteiger partial charge in [-0.2, -0.15) is 0 Å². The molecule has 1 N–H and O–H groups in total. The smallest absolute Gasteiger partial charge is 0.870 e. The summed E-state index contributed by atoms with van der Waals surface area (Å²) in [5, 5.41) is 14.8. The van der Waals surface area contributed by atoms with Gasteiger partial charge in [-0.25, -0.2) is 0 Å². The number of nitrogens with zero attached hydrogens (tertiary/aromatic N) is 1. The minimum atomic E-state index is -1.75. The molecule has 7 heteroatoms. The Hall–Kier alpha value is 0.303. The molecule has 0 fully saturated rings. The van der Waals surface area contributed by atoms with Gasteiger partial charge in [-0.05, 0) is 0 Å². The average Bonchev–Trinajstić information content (AvgIpc) is 0.811. The van der Waals surface area contributed by atoms with Gasteiger partial charge in [0.2, 0.25) is 0 Å². The van der Waals surface area contributed by atoms with Gasteiger partial charge in [0.05, 0.1) is 5.09 Å². The zero-order chi connectivity index (χ0) is 3.58. The number of hydrogen-bond donors (Lipinski definition) is 0. The first-order valence-corrected chi connectivity index (χ1v) is 0.548. The van der Waals surface area contributed by atoms with E-state index in [2.05, 4.69) is 0 Å². The first-order chi connectivity index (χ1) is 1.73.